The SMILES string of the molecule is CCCCC(CC)Cn1c2ccccc2c2cc(-c3ccc(N(C4=CCC(C5(c6ccc(N(c7ccc(-c8ccc(N(c9ccc(C)cc9)c9ccc(C)cc9)cc8)cc7)c7ccc(C8(c9ccc(N(c%10ccccc%10)c%10ccc(C(C)(C)C)cc%10)cc9)c9ccccc9-c9ccccc98)cc7)cc6)c6ccccc6-c6ccccc65)C=C4)c4ccc(C(C)(C)C)cc4)cc3)ccc21. The van der Waals surface area contributed by atoms with Gasteiger partial charge in [-0.2, -0.15) is 0 Å². The third kappa shape index (κ3) is 15.5. The summed E-state index contributed by atoms with van der Waals surface area (Å²) in [5.41, 5.74) is 38.3. The highest BCUT2D eigenvalue weighted by molar-refractivity contribution is 6.09. The zero-order chi connectivity index (χ0) is 90.7. The zero-order valence-corrected chi connectivity index (χ0v) is 78.1. The van der Waals surface area contributed by atoms with E-state index in [1.54, 1.807) is 0 Å². The predicted molar refractivity (Wildman–Crippen MR) is 564 cm³/mol. The maximum Gasteiger partial charge on any atom is 0.0713 e. The van der Waals surface area contributed by atoms with E-state index in [-0.39, 0.29) is 16.7 Å². The Kier molecular flexibility index (Phi) is 22.5. The average molecular weight is 1720 g/mol. The van der Waals surface area contributed by atoms with E-state index in [2.05, 4.69) is 524 Å². The highest BCUT2D eigenvalue weighted by Crippen LogP contribution is 2.61. The number of unbranched alkanes of at least 4 members (excludes halogenated alkanes) is 1. The topological polar surface area (TPSA) is 17.9 Å². The van der Waals surface area contributed by atoms with Gasteiger partial charge in [0.25, 0.3) is 0 Å². The third-order valence-electron chi connectivity index (χ3n) is 28.9. The first-order valence-electron chi connectivity index (χ1n) is 47.9. The maximum atomic E-state index is 2.60. The summed E-state index contributed by atoms with van der Waals surface area (Å²) < 4.78 is 2.60. The standard InChI is InChI=1S/C128H115N5/c1-11-13-27-90(12-2)87-129-123-39-26-21-34-117(123)118-86-94(50-85-124(118)129)93-48-71-106(72-49-93)132(108-75-53-96(54-76-108)126(8,9)10)110-79-57-98(58-80-110)128(121-37-24-19-32-115(121)116-33-20-25-38-122(116)128)100-61-83-112(84-62-100)133(105-69-46-92(47-70-105)91-44-67-104(68-45-91)131(102-63-40-88(3)41-64-102)103-65-42-89(4)43-66-103)111-81-59-99(60-82-111)127(119-35-22-17-30-113(119)114-31-18-23-36-120(114)127)97-55-77-109(78-56-97)130(101-28-15-14-16-29-101)107-73-51-95(52-74-107)125(5,6)7/h14-26,28-57,59-86,90,98H,11-13,27,58,87H2,1-10H3. The molecule has 1 heterocycles. The fraction of sp³-hybridized carbons (Fsp3) is 0.172. The number of aryl methyl sites for hydroxylation is 2. The van der Waals surface area contributed by atoms with Gasteiger partial charge < -0.3 is 24.2 Å². The maximum absolute atomic E-state index is 2.60. The van der Waals surface area contributed by atoms with Crippen molar-refractivity contribution in [2.45, 2.75) is 130 Å². The number of allylic oxidation sites excluding steroid dienone is 3. The number of rotatable bonds is 24. The van der Waals surface area contributed by atoms with Crippen LogP contribution >= 0.6 is 0 Å². The lowest BCUT2D eigenvalue weighted by molar-refractivity contribution is 0.401. The molecule has 17 aromatic carbocycles. The van der Waals surface area contributed by atoms with Gasteiger partial charge in [0, 0.05) is 96.6 Å². The molecule has 2 atom stereocenters. The Labute approximate surface area is 786 Å². The number of nitrogens with zero attached hydrogens (tertiary/aromatic N) is 5. The average Bonchev–Trinajstić information content (AvgIpc) is 1.54. The normalized spacial score (nSPS) is 14.2. The Balaban J connectivity index is 0.662. The number of hydrogen-bond donors (Lipinski definition) is 0. The van der Waals surface area contributed by atoms with Crippen molar-refractivity contribution in [3.63, 3.8) is 0 Å². The van der Waals surface area contributed by atoms with Crippen molar-refractivity contribution in [1.29, 1.82) is 0 Å². The molecule has 0 saturated carbocycles. The van der Waals surface area contributed by atoms with E-state index in [4.69, 9.17) is 0 Å². The van der Waals surface area contributed by atoms with Gasteiger partial charge in [0.05, 0.1) is 10.8 Å². The molecule has 0 N–H and O–H groups in total. The molecule has 0 fully saturated rings. The number of hydrogen-bond acceptors (Lipinski definition) is 4. The molecule has 5 heteroatoms. The predicted octanol–water partition coefficient (Wildman–Crippen LogP) is 34.9. The summed E-state index contributed by atoms with van der Waals surface area (Å²) in [7, 11) is 0. The molecular weight excluding hydrogens is 1610 g/mol. The summed E-state index contributed by atoms with van der Waals surface area (Å²) in [6, 6.07) is 156. The van der Waals surface area contributed by atoms with Crippen molar-refractivity contribution in [3.05, 3.63) is 498 Å². The van der Waals surface area contributed by atoms with Crippen LogP contribution < -0.4 is 19.6 Å². The first-order chi connectivity index (χ1) is 64.9. The van der Waals surface area contributed by atoms with E-state index >= 15 is 0 Å². The molecule has 0 saturated heterocycles. The summed E-state index contributed by atoms with van der Waals surface area (Å²) >= 11 is 0. The van der Waals surface area contributed by atoms with Gasteiger partial charge in [0.1, 0.15) is 0 Å². The fourth-order valence-corrected chi connectivity index (χ4v) is 21.9. The van der Waals surface area contributed by atoms with Gasteiger partial charge in [-0.15, -0.1) is 0 Å². The first-order valence-corrected chi connectivity index (χ1v) is 47.9. The molecule has 21 rings (SSSR count). The quantitative estimate of drug-likeness (QED) is 0.0600. The van der Waals surface area contributed by atoms with E-state index in [9.17, 15) is 0 Å². The second-order valence-electron chi connectivity index (χ2n) is 39.1. The summed E-state index contributed by atoms with van der Waals surface area (Å²) in [4.78, 5) is 9.68. The monoisotopic (exact) mass is 1720 g/mol. The van der Waals surface area contributed by atoms with E-state index in [0.29, 0.717) is 5.92 Å². The van der Waals surface area contributed by atoms with Crippen LogP contribution in [0.15, 0.2) is 436 Å². The van der Waals surface area contributed by atoms with E-state index in [1.807, 2.05) is 0 Å². The molecule has 1 aromatic heterocycles. The summed E-state index contributed by atoms with van der Waals surface area (Å²) in [5.74, 6) is 0.676. The van der Waals surface area contributed by atoms with Crippen LogP contribution in [-0.4, -0.2) is 4.57 Å². The summed E-state index contributed by atoms with van der Waals surface area (Å²) in [6.07, 6.45) is 13.2. The summed E-state index contributed by atoms with van der Waals surface area (Å²) in [6.45, 7) is 23.8. The molecule has 652 valence electrons. The fourth-order valence-electron chi connectivity index (χ4n) is 21.9. The van der Waals surface area contributed by atoms with Gasteiger partial charge in [-0.3, -0.25) is 0 Å². The molecule has 0 spiro atoms. The number of para-hydroxylation sites is 2. The second-order valence-corrected chi connectivity index (χ2v) is 39.1. The summed E-state index contributed by atoms with van der Waals surface area (Å²) in [5, 5.41) is 2.64. The molecule has 18 aromatic rings. The van der Waals surface area contributed by atoms with Gasteiger partial charge in [0.15, 0.2) is 0 Å². The van der Waals surface area contributed by atoms with Gasteiger partial charge in [-0.25, -0.2) is 0 Å². The Morgan fingerprint density at radius 1 is 0.323 bits per heavy atom. The lowest BCUT2D eigenvalue weighted by Gasteiger charge is -2.41. The van der Waals surface area contributed by atoms with Crippen molar-refractivity contribution >= 4 is 84.4 Å². The van der Waals surface area contributed by atoms with Crippen LogP contribution in [0.4, 0.5) is 62.6 Å². The van der Waals surface area contributed by atoms with E-state index in [1.165, 1.54) is 142 Å². The van der Waals surface area contributed by atoms with Crippen LogP contribution in [0.5, 0.6) is 0 Å². The van der Waals surface area contributed by atoms with E-state index in [0.717, 1.165) is 92.4 Å². The molecule has 0 amide bonds. The van der Waals surface area contributed by atoms with Crippen molar-refractivity contribution in [3.8, 4) is 44.5 Å². The Bertz CT molecular complexity index is 7180. The van der Waals surface area contributed by atoms with Crippen LogP contribution in [0.2, 0.25) is 0 Å². The molecule has 2 unspecified atom stereocenters. The lowest BCUT2D eigenvalue weighted by Crippen LogP contribution is -2.36. The van der Waals surface area contributed by atoms with E-state index < -0.39 is 10.8 Å². The minimum absolute atomic E-state index is 0.00701. The van der Waals surface area contributed by atoms with Crippen LogP contribution in [0.25, 0.3) is 66.3 Å². The highest BCUT2D eigenvalue weighted by atomic mass is 15.2. The minimum atomic E-state index is -0.669. The lowest BCUT2D eigenvalue weighted by atomic mass is 9.62. The Morgan fingerprint density at radius 2 is 0.662 bits per heavy atom. The molecular formula is C128H115N5. The Hall–Kier alpha value is -14.8. The number of anilines is 11. The van der Waals surface area contributed by atoms with Crippen LogP contribution in [0.3, 0.4) is 0 Å². The molecule has 0 bridgehead atoms. The van der Waals surface area contributed by atoms with Gasteiger partial charge in [-0.1, -0.05) is 359 Å². The van der Waals surface area contributed by atoms with Gasteiger partial charge in [-0.05, 0) is 302 Å². The number of aromatic nitrogens is 1. The van der Waals surface area contributed by atoms with Crippen molar-refractivity contribution in [2.24, 2.45) is 11.8 Å². The highest BCUT2D eigenvalue weighted by Gasteiger charge is 2.50. The van der Waals surface area contributed by atoms with Crippen LogP contribution in [0, 0.1) is 25.7 Å². The Morgan fingerprint density at radius 3 is 1.08 bits per heavy atom. The first kappa shape index (κ1) is 85.0. The zero-order valence-electron chi connectivity index (χ0n) is 78.1. The third-order valence-corrected chi connectivity index (χ3v) is 28.9. The van der Waals surface area contributed by atoms with Gasteiger partial charge in [0.2, 0.25) is 0 Å². The van der Waals surface area contributed by atoms with Crippen molar-refractivity contribution < 1.29 is 0 Å². The number of fused-ring (bicyclic) bond motifs is 9. The smallest absolute Gasteiger partial charge is 0.0713 e. The molecule has 0 radical (unpaired) electrons. The van der Waals surface area contributed by atoms with Crippen molar-refractivity contribution in [2.75, 3.05) is 19.6 Å². The van der Waals surface area contributed by atoms with Gasteiger partial charge >= 0.3 is 0 Å². The second kappa shape index (κ2) is 35.2. The minimum Gasteiger partial charge on any atom is -0.340 e. The molecule has 3 aliphatic rings. The van der Waals surface area contributed by atoms with Crippen LogP contribution in [0.1, 0.15) is 149 Å². The molecule has 5 nitrogen and oxygen atoms in total. The molecule has 0 aliphatic heterocycles. The molecule has 133 heavy (non-hydrogen) atoms. The number of benzene rings is 17. The van der Waals surface area contributed by atoms with Crippen LogP contribution in [-0.2, 0) is 28.2 Å². The van der Waals surface area contributed by atoms with Crippen molar-refractivity contribution in [1.82, 2.24) is 4.57 Å². The largest absolute Gasteiger partial charge is 0.340 e. The molecule has 3 aliphatic carbocycles.